The van der Waals surface area contributed by atoms with Crippen LogP contribution in [-0.2, 0) is 0 Å². The van der Waals surface area contributed by atoms with E-state index in [9.17, 15) is 0 Å². The van der Waals surface area contributed by atoms with Crippen LogP contribution >= 0.6 is 23.2 Å². The molecule has 1 heterocycles. The lowest BCUT2D eigenvalue weighted by atomic mass is 10.2. The third-order valence-corrected chi connectivity index (χ3v) is 1.57. The van der Waals surface area contributed by atoms with Crippen molar-refractivity contribution in [2.24, 2.45) is 0 Å². The van der Waals surface area contributed by atoms with Gasteiger partial charge in [0, 0.05) is 11.4 Å². The van der Waals surface area contributed by atoms with E-state index in [0.717, 1.165) is 5.56 Å². The minimum Gasteiger partial charge on any atom is -0.382 e. The van der Waals surface area contributed by atoms with Crippen molar-refractivity contribution in [1.82, 2.24) is 10.2 Å². The van der Waals surface area contributed by atoms with Crippen LogP contribution in [0.2, 0.25) is 5.15 Å². The van der Waals surface area contributed by atoms with Crippen LogP contribution in [-0.4, -0.2) is 16.1 Å². The Morgan fingerprint density at radius 1 is 1.50 bits per heavy atom. The summed E-state index contributed by atoms with van der Waals surface area (Å²) >= 11 is 11.0. The number of nitrogens with zero attached hydrogens (tertiary/aromatic N) is 2. The molecule has 0 saturated heterocycles. The van der Waals surface area contributed by atoms with Crippen molar-refractivity contribution in [2.45, 2.75) is 0 Å². The summed E-state index contributed by atoms with van der Waals surface area (Å²) in [6.07, 6.45) is 3.51. The van der Waals surface area contributed by atoms with Gasteiger partial charge in [-0.3, -0.25) is 0 Å². The molecule has 0 aliphatic rings. The van der Waals surface area contributed by atoms with Gasteiger partial charge in [0.05, 0.1) is 0 Å². The van der Waals surface area contributed by atoms with Gasteiger partial charge in [-0.2, -0.15) is 0 Å². The molecule has 0 amide bonds. The highest BCUT2D eigenvalue weighted by atomic mass is 35.5. The van der Waals surface area contributed by atoms with Gasteiger partial charge in [-0.05, 0) is 6.07 Å². The molecule has 3 nitrogen and oxygen atoms in total. The molecule has 0 bridgehead atoms. The number of aromatic nitrogens is 2. The molecule has 0 spiro atoms. The molecule has 64 valence electrons. The Morgan fingerprint density at radius 2 is 2.25 bits per heavy atom. The van der Waals surface area contributed by atoms with Crippen molar-refractivity contribution in [3.05, 3.63) is 22.9 Å². The molecule has 0 saturated carbocycles. The first-order valence-electron chi connectivity index (χ1n) is 3.25. The van der Waals surface area contributed by atoms with E-state index in [2.05, 4.69) is 10.2 Å². The molecule has 0 radical (unpaired) electrons. The number of allylic oxidation sites excluding steroid dienone is 1. The molecule has 0 atom stereocenters. The van der Waals surface area contributed by atoms with Crippen molar-refractivity contribution < 1.29 is 0 Å². The molecule has 0 unspecified atom stereocenters. The molecule has 12 heavy (non-hydrogen) atoms. The molecule has 0 aliphatic heterocycles. The maximum absolute atomic E-state index is 5.60. The van der Waals surface area contributed by atoms with E-state index in [4.69, 9.17) is 28.9 Å². The van der Waals surface area contributed by atoms with Crippen LogP contribution in [0.4, 0.5) is 5.82 Å². The molecule has 1 aromatic rings. The summed E-state index contributed by atoms with van der Waals surface area (Å²) in [5.41, 5.74) is 6.24. The Bertz CT molecular complexity index is 299. The summed E-state index contributed by atoms with van der Waals surface area (Å²) in [7, 11) is 0. The Hall–Kier alpha value is -0.800. The summed E-state index contributed by atoms with van der Waals surface area (Å²) in [4.78, 5) is 0. The van der Waals surface area contributed by atoms with Crippen LogP contribution in [0.5, 0.6) is 0 Å². The summed E-state index contributed by atoms with van der Waals surface area (Å²) in [5, 5.41) is 7.52. The highest BCUT2D eigenvalue weighted by Crippen LogP contribution is 2.13. The van der Waals surface area contributed by atoms with Crippen molar-refractivity contribution >= 4 is 35.1 Å². The Morgan fingerprint density at radius 3 is 2.92 bits per heavy atom. The van der Waals surface area contributed by atoms with Crippen LogP contribution in [0, 0.1) is 0 Å². The Balaban J connectivity index is 2.97. The maximum Gasteiger partial charge on any atom is 0.153 e. The van der Waals surface area contributed by atoms with Gasteiger partial charge in [0.15, 0.2) is 11.0 Å². The van der Waals surface area contributed by atoms with Crippen LogP contribution in [0.3, 0.4) is 0 Å². The fourth-order valence-corrected chi connectivity index (χ4v) is 0.940. The van der Waals surface area contributed by atoms with Gasteiger partial charge >= 0.3 is 0 Å². The number of halogens is 2. The average molecular weight is 204 g/mol. The quantitative estimate of drug-likeness (QED) is 0.749. The van der Waals surface area contributed by atoms with Gasteiger partial charge in [-0.25, -0.2) is 0 Å². The number of alkyl halides is 1. The van der Waals surface area contributed by atoms with Gasteiger partial charge in [-0.15, -0.1) is 21.8 Å². The Labute approximate surface area is 80.2 Å². The second-order valence-corrected chi connectivity index (χ2v) is 2.76. The average Bonchev–Trinajstić information content (AvgIpc) is 2.07. The molecule has 0 aliphatic carbocycles. The number of anilines is 1. The molecule has 1 rings (SSSR count). The van der Waals surface area contributed by atoms with E-state index in [1.807, 2.05) is 0 Å². The third kappa shape index (κ3) is 2.36. The maximum atomic E-state index is 5.60. The number of nitrogen functional groups attached to an aromatic ring is 1. The highest BCUT2D eigenvalue weighted by Gasteiger charge is 1.97. The van der Waals surface area contributed by atoms with E-state index in [1.54, 1.807) is 18.2 Å². The second kappa shape index (κ2) is 4.28. The van der Waals surface area contributed by atoms with Crippen LogP contribution in [0.25, 0.3) is 6.08 Å². The molecular formula is C7H7Cl2N3. The molecule has 2 N–H and O–H groups in total. The molecule has 0 fully saturated rings. The molecular weight excluding hydrogens is 197 g/mol. The number of nitrogens with two attached hydrogens (primary N) is 1. The van der Waals surface area contributed by atoms with Crippen molar-refractivity contribution in [3.63, 3.8) is 0 Å². The summed E-state index contributed by atoms with van der Waals surface area (Å²) in [6, 6.07) is 1.63. The van der Waals surface area contributed by atoms with Crippen molar-refractivity contribution in [1.29, 1.82) is 0 Å². The fraction of sp³-hybridized carbons (Fsp3) is 0.143. The van der Waals surface area contributed by atoms with E-state index >= 15 is 0 Å². The summed E-state index contributed by atoms with van der Waals surface area (Å²) in [5.74, 6) is 0.778. The largest absolute Gasteiger partial charge is 0.382 e. The predicted molar refractivity (Wildman–Crippen MR) is 51.2 cm³/mol. The first kappa shape index (κ1) is 9.29. The standard InChI is InChI=1S/C7H7Cl2N3/c8-3-1-2-5-4-6(9)11-12-7(5)10/h1-2,4H,3H2,(H2,10,12). The first-order valence-corrected chi connectivity index (χ1v) is 4.16. The van der Waals surface area contributed by atoms with Gasteiger partial charge < -0.3 is 5.73 Å². The van der Waals surface area contributed by atoms with Crippen LogP contribution in [0.15, 0.2) is 12.1 Å². The lowest BCUT2D eigenvalue weighted by Crippen LogP contribution is -1.96. The smallest absolute Gasteiger partial charge is 0.153 e. The van der Waals surface area contributed by atoms with Crippen molar-refractivity contribution in [3.8, 4) is 0 Å². The van der Waals surface area contributed by atoms with Crippen LogP contribution < -0.4 is 5.73 Å². The topological polar surface area (TPSA) is 51.8 Å². The third-order valence-electron chi connectivity index (χ3n) is 1.21. The van der Waals surface area contributed by atoms with Gasteiger partial charge in [-0.1, -0.05) is 23.8 Å². The lowest BCUT2D eigenvalue weighted by molar-refractivity contribution is 1.04. The zero-order valence-corrected chi connectivity index (χ0v) is 7.68. The van der Waals surface area contributed by atoms with Gasteiger partial charge in [0.1, 0.15) is 0 Å². The Kier molecular flexibility index (Phi) is 3.31. The summed E-state index contributed by atoms with van der Waals surface area (Å²) in [6.45, 7) is 0. The first-order chi connectivity index (χ1) is 5.74. The monoisotopic (exact) mass is 203 g/mol. The highest BCUT2D eigenvalue weighted by molar-refractivity contribution is 6.29. The van der Waals surface area contributed by atoms with Crippen molar-refractivity contribution in [2.75, 3.05) is 11.6 Å². The van der Waals surface area contributed by atoms with Gasteiger partial charge in [0.25, 0.3) is 0 Å². The molecule has 5 heteroatoms. The minimum absolute atomic E-state index is 0.318. The SMILES string of the molecule is Nc1nnc(Cl)cc1C=CCCl. The molecule has 1 aromatic heterocycles. The normalized spacial score (nSPS) is 10.8. The van der Waals surface area contributed by atoms with E-state index in [1.165, 1.54) is 0 Å². The van der Waals surface area contributed by atoms with Crippen LogP contribution in [0.1, 0.15) is 5.56 Å². The lowest BCUT2D eigenvalue weighted by Gasteiger charge is -1.96. The summed E-state index contributed by atoms with van der Waals surface area (Å²) < 4.78 is 0. The number of rotatable bonds is 2. The zero-order valence-electron chi connectivity index (χ0n) is 6.17. The zero-order chi connectivity index (χ0) is 8.97. The molecule has 0 aromatic carbocycles. The second-order valence-electron chi connectivity index (χ2n) is 2.06. The predicted octanol–water partition coefficient (Wildman–Crippen LogP) is 1.96. The van der Waals surface area contributed by atoms with Gasteiger partial charge in [0.2, 0.25) is 0 Å². The van der Waals surface area contributed by atoms with E-state index in [0.29, 0.717) is 16.9 Å². The fourth-order valence-electron chi connectivity index (χ4n) is 0.695. The van der Waals surface area contributed by atoms with E-state index in [-0.39, 0.29) is 0 Å². The minimum atomic E-state index is 0.318. The number of hydrogen-bond donors (Lipinski definition) is 1. The van der Waals surface area contributed by atoms with E-state index < -0.39 is 0 Å². The number of hydrogen-bond acceptors (Lipinski definition) is 3.